The van der Waals surface area contributed by atoms with E-state index in [-0.39, 0.29) is 24.3 Å². The quantitative estimate of drug-likeness (QED) is 0.651. The maximum atomic E-state index is 12.4. The number of nitrogens with zero attached hydrogens (tertiary/aromatic N) is 2. The predicted octanol–water partition coefficient (Wildman–Crippen LogP) is 2.56. The molecule has 1 N–H and O–H groups in total. The summed E-state index contributed by atoms with van der Waals surface area (Å²) in [5, 5.41) is 3.07. The summed E-state index contributed by atoms with van der Waals surface area (Å²) >= 11 is 0. The van der Waals surface area contributed by atoms with Crippen molar-refractivity contribution in [3.05, 3.63) is 35.9 Å². The first-order valence-corrected chi connectivity index (χ1v) is 10.0. The highest BCUT2D eigenvalue weighted by Crippen LogP contribution is 2.17. The van der Waals surface area contributed by atoms with Gasteiger partial charge in [-0.05, 0) is 18.4 Å². The van der Waals surface area contributed by atoms with Gasteiger partial charge >= 0.3 is 0 Å². The molecule has 1 saturated heterocycles. The van der Waals surface area contributed by atoms with Gasteiger partial charge in [0.2, 0.25) is 11.8 Å². The molecule has 5 nitrogen and oxygen atoms in total. The fourth-order valence-electron chi connectivity index (χ4n) is 3.95. The van der Waals surface area contributed by atoms with Crippen molar-refractivity contribution in [1.29, 1.82) is 0 Å². The van der Waals surface area contributed by atoms with Crippen molar-refractivity contribution < 1.29 is 9.59 Å². The molecule has 1 aromatic rings. The van der Waals surface area contributed by atoms with Crippen LogP contribution in [0, 0.1) is 0 Å². The van der Waals surface area contributed by atoms with Gasteiger partial charge in [-0.1, -0.05) is 56.0 Å². The maximum absolute atomic E-state index is 12.4. The number of carbonyl (C=O) groups excluding carboxylic acids is 2. The number of hydrogen-bond donors (Lipinski definition) is 1. The summed E-state index contributed by atoms with van der Waals surface area (Å²) in [7, 11) is 0. The molecule has 142 valence electrons. The lowest BCUT2D eigenvalue weighted by atomic mass is 10.1. The molecule has 1 saturated carbocycles. The maximum Gasteiger partial charge on any atom is 0.232 e. The Morgan fingerprint density at radius 2 is 1.58 bits per heavy atom. The number of piperazine rings is 1. The van der Waals surface area contributed by atoms with Crippen LogP contribution in [0.15, 0.2) is 30.3 Å². The third-order valence-corrected chi connectivity index (χ3v) is 5.51. The van der Waals surface area contributed by atoms with Crippen LogP contribution in [0.2, 0.25) is 0 Å². The number of nitrogens with one attached hydrogen (secondary N) is 1. The Morgan fingerprint density at radius 3 is 2.23 bits per heavy atom. The zero-order valence-corrected chi connectivity index (χ0v) is 15.7. The molecule has 1 aliphatic heterocycles. The minimum absolute atomic E-state index is 0.00478. The van der Waals surface area contributed by atoms with E-state index in [1.165, 1.54) is 31.2 Å². The van der Waals surface area contributed by atoms with Crippen LogP contribution in [-0.4, -0.2) is 53.8 Å². The molecule has 26 heavy (non-hydrogen) atoms. The van der Waals surface area contributed by atoms with Crippen molar-refractivity contribution >= 4 is 11.8 Å². The molecule has 1 aromatic carbocycles. The summed E-state index contributed by atoms with van der Waals surface area (Å²) in [6.45, 7) is 4.07. The second-order valence-corrected chi connectivity index (χ2v) is 7.58. The van der Waals surface area contributed by atoms with Gasteiger partial charge in [-0.25, -0.2) is 0 Å². The summed E-state index contributed by atoms with van der Waals surface area (Å²) < 4.78 is 0. The van der Waals surface area contributed by atoms with E-state index >= 15 is 0 Å². The molecular weight excluding hydrogens is 326 g/mol. The lowest BCUT2D eigenvalue weighted by Crippen LogP contribution is -2.49. The van der Waals surface area contributed by atoms with Gasteiger partial charge in [-0.15, -0.1) is 0 Å². The second-order valence-electron chi connectivity index (χ2n) is 7.58. The highest BCUT2D eigenvalue weighted by Gasteiger charge is 2.24. The fraction of sp³-hybridized carbons (Fsp3) is 0.619. The smallest absolute Gasteiger partial charge is 0.232 e. The van der Waals surface area contributed by atoms with Gasteiger partial charge in [0.15, 0.2) is 0 Å². The highest BCUT2D eigenvalue weighted by molar-refractivity contribution is 5.97. The molecule has 1 aliphatic carbocycles. The van der Waals surface area contributed by atoms with Crippen molar-refractivity contribution in [1.82, 2.24) is 15.1 Å². The lowest BCUT2D eigenvalue weighted by molar-refractivity contribution is -0.137. The minimum atomic E-state index is -0.103. The van der Waals surface area contributed by atoms with Crippen LogP contribution in [0.3, 0.4) is 0 Å². The monoisotopic (exact) mass is 357 g/mol. The highest BCUT2D eigenvalue weighted by atomic mass is 16.2. The molecule has 0 unspecified atom stereocenters. The predicted molar refractivity (Wildman–Crippen MR) is 103 cm³/mol. The van der Waals surface area contributed by atoms with E-state index in [1.54, 1.807) is 0 Å². The average Bonchev–Trinajstić information content (AvgIpc) is 2.91. The minimum Gasteiger partial charge on any atom is -0.353 e. The largest absolute Gasteiger partial charge is 0.353 e. The topological polar surface area (TPSA) is 52.7 Å². The zero-order chi connectivity index (χ0) is 18.2. The molecule has 2 aliphatic rings. The van der Waals surface area contributed by atoms with Crippen LogP contribution >= 0.6 is 0 Å². The standard InChI is InChI=1S/C21H31N3O2/c25-20(22-19-10-6-1-2-7-11-19)16-21(26)24-14-12-23(13-15-24)17-18-8-4-3-5-9-18/h3-5,8-9,19H,1-2,6-7,10-17H2,(H,22,25). The molecule has 0 bridgehead atoms. The van der Waals surface area contributed by atoms with Crippen molar-refractivity contribution in [2.45, 2.75) is 57.5 Å². The summed E-state index contributed by atoms with van der Waals surface area (Å²) in [5.41, 5.74) is 1.30. The van der Waals surface area contributed by atoms with Gasteiger partial charge in [0.05, 0.1) is 0 Å². The van der Waals surface area contributed by atoms with Gasteiger partial charge in [0.25, 0.3) is 0 Å². The zero-order valence-electron chi connectivity index (χ0n) is 15.7. The van der Waals surface area contributed by atoms with Crippen LogP contribution in [0.25, 0.3) is 0 Å². The third kappa shape index (κ3) is 5.84. The Kier molecular flexibility index (Phi) is 7.06. The molecule has 5 heteroatoms. The van der Waals surface area contributed by atoms with E-state index in [4.69, 9.17) is 0 Å². The molecule has 0 aromatic heterocycles. The van der Waals surface area contributed by atoms with Crippen molar-refractivity contribution in [2.75, 3.05) is 26.2 Å². The summed E-state index contributed by atoms with van der Waals surface area (Å²) in [5.74, 6) is -0.135. The number of hydrogen-bond acceptors (Lipinski definition) is 3. The van der Waals surface area contributed by atoms with E-state index in [2.05, 4.69) is 34.5 Å². The van der Waals surface area contributed by atoms with Crippen LogP contribution < -0.4 is 5.32 Å². The molecule has 2 amide bonds. The molecule has 2 fully saturated rings. The number of amides is 2. The van der Waals surface area contributed by atoms with Crippen LogP contribution in [0.4, 0.5) is 0 Å². The molecule has 0 atom stereocenters. The van der Waals surface area contributed by atoms with Gasteiger partial charge in [-0.2, -0.15) is 0 Å². The Hall–Kier alpha value is -1.88. The average molecular weight is 357 g/mol. The Morgan fingerprint density at radius 1 is 0.923 bits per heavy atom. The van der Waals surface area contributed by atoms with E-state index in [0.29, 0.717) is 13.1 Å². The van der Waals surface area contributed by atoms with Crippen molar-refractivity contribution in [3.63, 3.8) is 0 Å². The van der Waals surface area contributed by atoms with Gasteiger partial charge in [0, 0.05) is 38.8 Å². The summed E-state index contributed by atoms with van der Waals surface area (Å²) in [6, 6.07) is 10.7. The van der Waals surface area contributed by atoms with E-state index in [9.17, 15) is 9.59 Å². The van der Waals surface area contributed by atoms with Crippen LogP contribution in [0.5, 0.6) is 0 Å². The SMILES string of the molecule is O=C(CC(=O)N1CCN(Cc2ccccc2)CC1)NC1CCCCCC1. The lowest BCUT2D eigenvalue weighted by Gasteiger charge is -2.34. The number of carbonyl (C=O) groups is 2. The molecule has 3 rings (SSSR count). The Labute approximate surface area is 156 Å². The molecule has 1 heterocycles. The first-order chi connectivity index (χ1) is 12.7. The van der Waals surface area contributed by atoms with Gasteiger partial charge < -0.3 is 10.2 Å². The van der Waals surface area contributed by atoms with Crippen LogP contribution in [-0.2, 0) is 16.1 Å². The third-order valence-electron chi connectivity index (χ3n) is 5.51. The van der Waals surface area contributed by atoms with E-state index in [0.717, 1.165) is 32.5 Å². The number of rotatable bonds is 5. The number of benzene rings is 1. The fourth-order valence-corrected chi connectivity index (χ4v) is 3.95. The first kappa shape index (κ1) is 18.9. The van der Waals surface area contributed by atoms with Gasteiger partial charge in [0.1, 0.15) is 6.42 Å². The summed E-state index contributed by atoms with van der Waals surface area (Å²) in [4.78, 5) is 28.8. The molecule has 0 radical (unpaired) electrons. The molecular formula is C21H31N3O2. The van der Waals surface area contributed by atoms with Crippen molar-refractivity contribution in [2.24, 2.45) is 0 Å². The first-order valence-electron chi connectivity index (χ1n) is 10.0. The van der Waals surface area contributed by atoms with Crippen LogP contribution in [0.1, 0.15) is 50.5 Å². The Balaban J connectivity index is 1.38. The Bertz CT molecular complexity index is 574. The van der Waals surface area contributed by atoms with Gasteiger partial charge in [-0.3, -0.25) is 14.5 Å². The molecule has 0 spiro atoms. The van der Waals surface area contributed by atoms with E-state index in [1.807, 2.05) is 11.0 Å². The normalized spacial score (nSPS) is 19.8. The summed E-state index contributed by atoms with van der Waals surface area (Å²) in [6.07, 6.45) is 6.99. The van der Waals surface area contributed by atoms with E-state index < -0.39 is 0 Å². The van der Waals surface area contributed by atoms with Crippen molar-refractivity contribution in [3.8, 4) is 0 Å². The second kappa shape index (κ2) is 9.72.